The first-order valence-corrected chi connectivity index (χ1v) is 8.16. The van der Waals surface area contributed by atoms with Crippen molar-refractivity contribution in [1.29, 1.82) is 0 Å². The number of halogens is 1. The zero-order chi connectivity index (χ0) is 14.4. The molecule has 1 fully saturated rings. The highest BCUT2D eigenvalue weighted by atomic mass is 127. The van der Waals surface area contributed by atoms with Crippen molar-refractivity contribution >= 4 is 41.7 Å². The molecule has 0 aromatic carbocycles. The number of nitrogens with zero attached hydrogens (tertiary/aromatic N) is 3. The van der Waals surface area contributed by atoms with Gasteiger partial charge < -0.3 is 10.6 Å². The number of aryl methyl sites for hydroxylation is 1. The van der Waals surface area contributed by atoms with Crippen molar-refractivity contribution in [3.8, 4) is 0 Å². The molecule has 0 bridgehead atoms. The minimum Gasteiger partial charge on any atom is -0.356 e. The van der Waals surface area contributed by atoms with Crippen LogP contribution in [0.15, 0.2) is 17.4 Å². The van der Waals surface area contributed by atoms with E-state index in [1.807, 2.05) is 31.2 Å². The molecule has 0 saturated carbocycles. The van der Waals surface area contributed by atoms with E-state index in [4.69, 9.17) is 0 Å². The Morgan fingerprint density at radius 1 is 1.52 bits per heavy atom. The third kappa shape index (κ3) is 6.06. The number of thioether (sulfide) groups is 1. The Bertz CT molecular complexity index is 454. The molecule has 1 aromatic rings. The van der Waals surface area contributed by atoms with Crippen molar-refractivity contribution in [1.82, 2.24) is 20.4 Å². The second-order valence-corrected chi connectivity index (χ2v) is 7.21. The quantitative estimate of drug-likeness (QED) is 0.433. The maximum absolute atomic E-state index is 4.28. The molecule has 0 amide bonds. The number of aromatic nitrogens is 2. The van der Waals surface area contributed by atoms with Crippen molar-refractivity contribution < 1.29 is 0 Å². The average Bonchev–Trinajstić information content (AvgIpc) is 3.03. The zero-order valence-corrected chi connectivity index (χ0v) is 16.2. The average molecular weight is 423 g/mol. The molecule has 7 heteroatoms. The van der Waals surface area contributed by atoms with Gasteiger partial charge in [-0.25, -0.2) is 0 Å². The van der Waals surface area contributed by atoms with Crippen LogP contribution in [0.3, 0.4) is 0 Å². The number of aliphatic imine (C=N–C) groups is 1. The second kappa shape index (κ2) is 8.87. The molecular weight excluding hydrogens is 397 g/mol. The predicted octanol–water partition coefficient (Wildman–Crippen LogP) is 2.03. The normalized spacial score (nSPS) is 22.0. The summed E-state index contributed by atoms with van der Waals surface area (Å²) in [6.07, 6.45) is 7.54. The molecule has 120 valence electrons. The lowest BCUT2D eigenvalue weighted by molar-refractivity contribution is 0.584. The third-order valence-electron chi connectivity index (χ3n) is 3.62. The van der Waals surface area contributed by atoms with Crippen LogP contribution in [0.1, 0.15) is 25.3 Å². The Labute approximate surface area is 148 Å². The lowest BCUT2D eigenvalue weighted by Crippen LogP contribution is -2.44. The number of hydrogen-bond donors (Lipinski definition) is 2. The highest BCUT2D eigenvalue weighted by molar-refractivity contribution is 14.0. The van der Waals surface area contributed by atoms with Crippen LogP contribution < -0.4 is 10.6 Å². The molecule has 2 rings (SSSR count). The molecule has 1 unspecified atom stereocenters. The smallest absolute Gasteiger partial charge is 0.191 e. The molecule has 1 aromatic heterocycles. The minimum absolute atomic E-state index is 0. The van der Waals surface area contributed by atoms with Gasteiger partial charge in [0.15, 0.2) is 5.96 Å². The summed E-state index contributed by atoms with van der Waals surface area (Å²) in [5, 5.41) is 11.0. The third-order valence-corrected chi connectivity index (χ3v) is 5.16. The van der Waals surface area contributed by atoms with E-state index < -0.39 is 0 Å². The molecule has 0 radical (unpaired) electrons. The Morgan fingerprint density at radius 2 is 2.33 bits per heavy atom. The Kier molecular flexibility index (Phi) is 7.86. The van der Waals surface area contributed by atoms with Crippen molar-refractivity contribution in [3.05, 3.63) is 18.0 Å². The molecule has 0 spiro atoms. The highest BCUT2D eigenvalue weighted by Gasteiger charge is 2.29. The Hall–Kier alpha value is -0.440. The zero-order valence-electron chi connectivity index (χ0n) is 13.1. The van der Waals surface area contributed by atoms with Crippen molar-refractivity contribution in [3.63, 3.8) is 0 Å². The van der Waals surface area contributed by atoms with E-state index >= 15 is 0 Å². The number of nitrogens with one attached hydrogen (secondary N) is 2. The van der Waals surface area contributed by atoms with Crippen molar-refractivity contribution in [2.75, 3.05) is 25.9 Å². The van der Waals surface area contributed by atoms with Crippen LogP contribution in [0, 0.1) is 0 Å². The van der Waals surface area contributed by atoms with E-state index in [0.717, 1.165) is 25.5 Å². The topological polar surface area (TPSA) is 54.2 Å². The maximum Gasteiger partial charge on any atom is 0.191 e. The molecule has 1 saturated heterocycles. The first-order chi connectivity index (χ1) is 9.61. The van der Waals surface area contributed by atoms with E-state index in [9.17, 15) is 0 Å². The summed E-state index contributed by atoms with van der Waals surface area (Å²) >= 11 is 2.06. The first kappa shape index (κ1) is 18.6. The molecule has 1 aliphatic heterocycles. The lowest BCUT2D eigenvalue weighted by Gasteiger charge is -2.24. The second-order valence-electron chi connectivity index (χ2n) is 5.53. The van der Waals surface area contributed by atoms with Gasteiger partial charge in [-0.15, -0.1) is 24.0 Å². The van der Waals surface area contributed by atoms with Crippen LogP contribution in [-0.4, -0.2) is 46.4 Å². The van der Waals surface area contributed by atoms with E-state index in [0.29, 0.717) is 4.75 Å². The van der Waals surface area contributed by atoms with Gasteiger partial charge in [0.1, 0.15) is 0 Å². The Morgan fingerprint density at radius 3 is 2.90 bits per heavy atom. The van der Waals surface area contributed by atoms with Gasteiger partial charge >= 0.3 is 0 Å². The van der Waals surface area contributed by atoms with E-state index in [1.54, 1.807) is 0 Å². The van der Waals surface area contributed by atoms with Gasteiger partial charge in [0.2, 0.25) is 0 Å². The largest absolute Gasteiger partial charge is 0.356 e. The van der Waals surface area contributed by atoms with Gasteiger partial charge in [-0.2, -0.15) is 16.9 Å². The van der Waals surface area contributed by atoms with E-state index in [-0.39, 0.29) is 24.0 Å². The molecule has 2 heterocycles. The Balaban J connectivity index is 0.00000220. The molecular formula is C14H26IN5S. The summed E-state index contributed by atoms with van der Waals surface area (Å²) in [4.78, 5) is 4.28. The summed E-state index contributed by atoms with van der Waals surface area (Å²) in [6, 6.07) is 0. The summed E-state index contributed by atoms with van der Waals surface area (Å²) < 4.78 is 2.20. The molecule has 21 heavy (non-hydrogen) atoms. The fourth-order valence-corrected chi connectivity index (χ4v) is 3.64. The monoisotopic (exact) mass is 423 g/mol. The van der Waals surface area contributed by atoms with Crippen LogP contribution in [0.4, 0.5) is 0 Å². The van der Waals surface area contributed by atoms with E-state index in [1.165, 1.54) is 24.2 Å². The number of rotatable bonds is 5. The van der Waals surface area contributed by atoms with Crippen LogP contribution in [0.5, 0.6) is 0 Å². The summed E-state index contributed by atoms with van der Waals surface area (Å²) in [5.41, 5.74) is 1.24. The molecule has 2 N–H and O–H groups in total. The highest BCUT2D eigenvalue weighted by Crippen LogP contribution is 2.36. The maximum atomic E-state index is 4.28. The van der Waals surface area contributed by atoms with Crippen LogP contribution in [-0.2, 0) is 13.5 Å². The lowest BCUT2D eigenvalue weighted by atomic mass is 10.1. The fourth-order valence-electron chi connectivity index (χ4n) is 2.39. The summed E-state index contributed by atoms with van der Waals surface area (Å²) in [7, 11) is 3.76. The van der Waals surface area contributed by atoms with Gasteiger partial charge in [0.25, 0.3) is 0 Å². The molecule has 1 aliphatic rings. The van der Waals surface area contributed by atoms with Gasteiger partial charge in [-0.3, -0.25) is 9.67 Å². The van der Waals surface area contributed by atoms with Crippen LogP contribution in [0.2, 0.25) is 0 Å². The van der Waals surface area contributed by atoms with E-state index in [2.05, 4.69) is 39.4 Å². The SMILES string of the molecule is CN=C(NCCc1cnn(C)c1)NCC1(C)CCCS1.I. The molecule has 5 nitrogen and oxygen atoms in total. The van der Waals surface area contributed by atoms with Gasteiger partial charge in [0.05, 0.1) is 6.20 Å². The van der Waals surface area contributed by atoms with Crippen LogP contribution >= 0.6 is 35.7 Å². The summed E-state index contributed by atoms with van der Waals surface area (Å²) in [6.45, 7) is 4.18. The van der Waals surface area contributed by atoms with Gasteiger partial charge in [-0.05, 0) is 37.5 Å². The van der Waals surface area contributed by atoms with Crippen LogP contribution in [0.25, 0.3) is 0 Å². The van der Waals surface area contributed by atoms with Crippen molar-refractivity contribution in [2.24, 2.45) is 12.0 Å². The van der Waals surface area contributed by atoms with Gasteiger partial charge in [-0.1, -0.05) is 0 Å². The van der Waals surface area contributed by atoms with Gasteiger partial charge in [0, 0.05) is 38.1 Å². The molecule has 1 atom stereocenters. The minimum atomic E-state index is 0. The number of guanidine groups is 1. The standard InChI is InChI=1S/C14H25N5S.HI/c1-14(6-4-8-20-14)11-17-13(15-2)16-7-5-12-9-18-19(3)10-12;/h9-10H,4-8,11H2,1-3H3,(H2,15,16,17);1H. The fraction of sp³-hybridized carbons (Fsp3) is 0.714. The first-order valence-electron chi connectivity index (χ1n) is 7.17. The number of hydrogen-bond acceptors (Lipinski definition) is 3. The predicted molar refractivity (Wildman–Crippen MR) is 102 cm³/mol. The van der Waals surface area contributed by atoms with Crippen molar-refractivity contribution in [2.45, 2.75) is 30.9 Å². The molecule has 0 aliphatic carbocycles. The summed E-state index contributed by atoms with van der Waals surface area (Å²) in [5.74, 6) is 2.17.